The molecule has 0 saturated heterocycles. The first kappa shape index (κ1) is 18.7. The second-order valence-electron chi connectivity index (χ2n) is 6.25. The third-order valence-electron chi connectivity index (χ3n) is 4.34. The van der Waals surface area contributed by atoms with Crippen LogP contribution in [0.3, 0.4) is 0 Å². The summed E-state index contributed by atoms with van der Waals surface area (Å²) in [6.45, 7) is 6.85. The van der Waals surface area contributed by atoms with Gasteiger partial charge in [-0.15, -0.1) is 0 Å². The number of carbonyl (C=O) groups is 1. The lowest BCUT2D eigenvalue weighted by Gasteiger charge is -2.11. The molecule has 1 heteroatoms. The van der Waals surface area contributed by atoms with Crippen molar-refractivity contribution in [1.29, 1.82) is 0 Å². The lowest BCUT2D eigenvalue weighted by atomic mass is 9.94. The molecule has 0 heterocycles. The van der Waals surface area contributed by atoms with Gasteiger partial charge in [-0.25, -0.2) is 0 Å². The third-order valence-corrected chi connectivity index (χ3v) is 4.34. The van der Waals surface area contributed by atoms with E-state index in [-0.39, 0.29) is 0 Å². The maximum Gasteiger partial charge on any atom is 0.123 e. The van der Waals surface area contributed by atoms with Gasteiger partial charge in [0, 0.05) is 5.92 Å². The smallest absolute Gasteiger partial charge is 0.123 e. The van der Waals surface area contributed by atoms with Crippen LogP contribution in [0.5, 0.6) is 0 Å². The molecule has 0 aliphatic carbocycles. The highest BCUT2D eigenvalue weighted by molar-refractivity contribution is 5.53. The summed E-state index contributed by atoms with van der Waals surface area (Å²) in [5.74, 6) is 1.21. The molecule has 0 aromatic rings. The summed E-state index contributed by atoms with van der Waals surface area (Å²) in [6.07, 6.45) is 16.6. The molecule has 2 atom stereocenters. The largest absolute Gasteiger partial charge is 0.303 e. The van der Waals surface area contributed by atoms with Crippen LogP contribution in [-0.2, 0) is 4.79 Å². The molecule has 2 unspecified atom stereocenters. The number of carbonyl (C=O) groups excluding carboxylic acids is 1. The van der Waals surface area contributed by atoms with E-state index in [9.17, 15) is 4.79 Å². The number of unbranched alkanes of at least 4 members (excludes halogenated alkanes) is 6. The second-order valence-corrected chi connectivity index (χ2v) is 6.25. The van der Waals surface area contributed by atoms with E-state index in [0.717, 1.165) is 18.8 Å². The van der Waals surface area contributed by atoms with E-state index in [2.05, 4.69) is 20.8 Å². The van der Waals surface area contributed by atoms with Gasteiger partial charge in [0.15, 0.2) is 0 Å². The van der Waals surface area contributed by atoms with Crippen molar-refractivity contribution in [3.63, 3.8) is 0 Å². The Morgan fingerprint density at radius 1 is 0.789 bits per heavy atom. The van der Waals surface area contributed by atoms with E-state index in [1.165, 1.54) is 70.5 Å². The lowest BCUT2D eigenvalue weighted by Crippen LogP contribution is -2.02. The predicted molar refractivity (Wildman–Crippen MR) is 85.5 cm³/mol. The van der Waals surface area contributed by atoms with Crippen LogP contribution in [0, 0.1) is 11.8 Å². The molecule has 19 heavy (non-hydrogen) atoms. The monoisotopic (exact) mass is 268 g/mol. The molecule has 0 aromatic carbocycles. The van der Waals surface area contributed by atoms with Gasteiger partial charge >= 0.3 is 0 Å². The normalized spacial score (nSPS) is 14.3. The molecule has 1 nitrogen and oxygen atoms in total. The predicted octanol–water partition coefficient (Wildman–Crippen LogP) is 6.16. The molecule has 0 N–H and O–H groups in total. The van der Waals surface area contributed by atoms with Crippen molar-refractivity contribution in [3.05, 3.63) is 0 Å². The fraction of sp³-hybridized carbons (Fsp3) is 0.944. The molecule has 0 bridgehead atoms. The molecule has 0 saturated carbocycles. The van der Waals surface area contributed by atoms with E-state index in [4.69, 9.17) is 0 Å². The van der Waals surface area contributed by atoms with Gasteiger partial charge in [0.25, 0.3) is 0 Å². The SMILES string of the molecule is CCCCCCCC(C=O)CCCCCC(C)CC. The van der Waals surface area contributed by atoms with Gasteiger partial charge in [0.05, 0.1) is 0 Å². The van der Waals surface area contributed by atoms with Crippen molar-refractivity contribution in [2.45, 2.75) is 97.8 Å². The van der Waals surface area contributed by atoms with E-state index in [1.54, 1.807) is 0 Å². The zero-order chi connectivity index (χ0) is 14.3. The molecule has 114 valence electrons. The molecular formula is C18H36O. The van der Waals surface area contributed by atoms with Crippen LogP contribution in [-0.4, -0.2) is 6.29 Å². The average molecular weight is 268 g/mol. The van der Waals surface area contributed by atoms with Gasteiger partial charge in [0.1, 0.15) is 6.29 Å². The van der Waals surface area contributed by atoms with Crippen LogP contribution >= 0.6 is 0 Å². The van der Waals surface area contributed by atoms with Gasteiger partial charge in [-0.3, -0.25) is 0 Å². The van der Waals surface area contributed by atoms with Crippen molar-refractivity contribution >= 4 is 6.29 Å². The van der Waals surface area contributed by atoms with Gasteiger partial charge in [-0.05, 0) is 18.8 Å². The van der Waals surface area contributed by atoms with Gasteiger partial charge < -0.3 is 4.79 Å². The first-order valence-corrected chi connectivity index (χ1v) is 8.69. The van der Waals surface area contributed by atoms with Gasteiger partial charge in [0.2, 0.25) is 0 Å². The van der Waals surface area contributed by atoms with Crippen molar-refractivity contribution in [1.82, 2.24) is 0 Å². The summed E-state index contributed by atoms with van der Waals surface area (Å²) in [4.78, 5) is 11.0. The highest BCUT2D eigenvalue weighted by atomic mass is 16.1. The molecule has 0 aromatic heterocycles. The van der Waals surface area contributed by atoms with E-state index in [0.29, 0.717) is 5.92 Å². The molecule has 0 rings (SSSR count). The topological polar surface area (TPSA) is 17.1 Å². The Bertz CT molecular complexity index is 188. The average Bonchev–Trinajstić information content (AvgIpc) is 2.44. The molecular weight excluding hydrogens is 232 g/mol. The summed E-state index contributed by atoms with van der Waals surface area (Å²) < 4.78 is 0. The Morgan fingerprint density at radius 3 is 1.84 bits per heavy atom. The first-order valence-electron chi connectivity index (χ1n) is 8.69. The Kier molecular flexibility index (Phi) is 13.8. The number of rotatable bonds is 14. The second kappa shape index (κ2) is 14.1. The van der Waals surface area contributed by atoms with Crippen LogP contribution < -0.4 is 0 Å². The van der Waals surface area contributed by atoms with Crippen LogP contribution in [0.4, 0.5) is 0 Å². The number of hydrogen-bond donors (Lipinski definition) is 0. The fourth-order valence-corrected chi connectivity index (χ4v) is 2.57. The van der Waals surface area contributed by atoms with Crippen molar-refractivity contribution < 1.29 is 4.79 Å². The maximum atomic E-state index is 11.0. The fourth-order valence-electron chi connectivity index (χ4n) is 2.57. The summed E-state index contributed by atoms with van der Waals surface area (Å²) >= 11 is 0. The van der Waals surface area contributed by atoms with E-state index in [1.807, 2.05) is 0 Å². The van der Waals surface area contributed by atoms with Gasteiger partial charge in [-0.1, -0.05) is 85.0 Å². The standard InChI is InChI=1S/C18H36O/c1-4-6-7-8-11-14-18(16-19)15-12-9-10-13-17(3)5-2/h16-18H,4-15H2,1-3H3. The maximum absolute atomic E-state index is 11.0. The minimum absolute atomic E-state index is 0.338. The molecule has 0 spiro atoms. The minimum Gasteiger partial charge on any atom is -0.303 e. The van der Waals surface area contributed by atoms with Crippen LogP contribution in [0.25, 0.3) is 0 Å². The summed E-state index contributed by atoms with van der Waals surface area (Å²) in [5.41, 5.74) is 0. The van der Waals surface area contributed by atoms with Crippen molar-refractivity contribution in [2.75, 3.05) is 0 Å². The summed E-state index contributed by atoms with van der Waals surface area (Å²) in [7, 11) is 0. The number of hydrogen-bond acceptors (Lipinski definition) is 1. The lowest BCUT2D eigenvalue weighted by molar-refractivity contribution is -0.111. The summed E-state index contributed by atoms with van der Waals surface area (Å²) in [5, 5.41) is 0. The molecule has 0 fully saturated rings. The van der Waals surface area contributed by atoms with Crippen LogP contribution in [0.2, 0.25) is 0 Å². The third kappa shape index (κ3) is 12.4. The van der Waals surface area contributed by atoms with Crippen LogP contribution in [0.15, 0.2) is 0 Å². The van der Waals surface area contributed by atoms with Gasteiger partial charge in [-0.2, -0.15) is 0 Å². The van der Waals surface area contributed by atoms with Crippen molar-refractivity contribution in [3.8, 4) is 0 Å². The Hall–Kier alpha value is -0.330. The van der Waals surface area contributed by atoms with E-state index >= 15 is 0 Å². The minimum atomic E-state index is 0.338. The Labute approximate surface area is 121 Å². The molecule has 0 aliphatic rings. The zero-order valence-corrected chi connectivity index (χ0v) is 13.6. The summed E-state index contributed by atoms with van der Waals surface area (Å²) in [6, 6.07) is 0. The molecule has 0 aliphatic heterocycles. The Balaban J connectivity index is 3.41. The Morgan fingerprint density at radius 2 is 1.32 bits per heavy atom. The first-order chi connectivity index (χ1) is 9.24. The van der Waals surface area contributed by atoms with E-state index < -0.39 is 0 Å². The van der Waals surface area contributed by atoms with Crippen molar-refractivity contribution in [2.24, 2.45) is 11.8 Å². The highest BCUT2D eigenvalue weighted by Crippen LogP contribution is 2.18. The zero-order valence-electron chi connectivity index (χ0n) is 13.6. The molecule has 0 radical (unpaired) electrons. The molecule has 0 amide bonds. The highest BCUT2D eigenvalue weighted by Gasteiger charge is 2.07. The number of aldehydes is 1. The quantitative estimate of drug-likeness (QED) is 0.272. The van der Waals surface area contributed by atoms with Crippen LogP contribution in [0.1, 0.15) is 97.8 Å².